The smallest absolute Gasteiger partial charge is 0.166 e. The molecule has 0 aliphatic heterocycles. The second-order valence-corrected chi connectivity index (χ2v) is 7.66. The van der Waals surface area contributed by atoms with E-state index in [1.54, 1.807) is 42.5 Å². The highest BCUT2D eigenvalue weighted by molar-refractivity contribution is 8.18. The quantitative estimate of drug-likeness (QED) is 0.245. The predicted octanol–water partition coefficient (Wildman–Crippen LogP) is 5.96. The normalized spacial score (nSPS) is 11.9. The average Bonchev–Trinajstić information content (AvgIpc) is 2.69. The Labute approximate surface area is 181 Å². The molecule has 156 valence electrons. The second-order valence-electron chi connectivity index (χ2n) is 6.63. The lowest BCUT2D eigenvalue weighted by molar-refractivity contribution is -0.112. The summed E-state index contributed by atoms with van der Waals surface area (Å²) in [5.74, 6) is 0.275. The Kier molecular flexibility index (Phi) is 8.18. The number of ether oxygens (including phenoxy) is 1. The minimum atomic E-state index is -0.119. The number of aliphatic imine (C=N–C) groups is 1. The molecule has 2 aromatic rings. The van der Waals surface area contributed by atoms with Crippen LogP contribution in [0.2, 0.25) is 0 Å². The van der Waals surface area contributed by atoms with Gasteiger partial charge in [-0.2, -0.15) is 0 Å². The number of hydrogen-bond acceptors (Lipinski definition) is 6. The number of benzene rings is 2. The van der Waals surface area contributed by atoms with Crippen molar-refractivity contribution in [1.82, 2.24) is 0 Å². The third-order valence-corrected chi connectivity index (χ3v) is 5.26. The zero-order valence-corrected chi connectivity index (χ0v) is 18.4. The third kappa shape index (κ3) is 6.46. The Bertz CT molecular complexity index is 1020. The van der Waals surface area contributed by atoms with Crippen LogP contribution in [0.1, 0.15) is 43.6 Å². The van der Waals surface area contributed by atoms with Gasteiger partial charge < -0.3 is 9.84 Å². The van der Waals surface area contributed by atoms with Gasteiger partial charge >= 0.3 is 0 Å². The van der Waals surface area contributed by atoms with Crippen LogP contribution in [0.5, 0.6) is 11.5 Å². The van der Waals surface area contributed by atoms with Crippen molar-refractivity contribution in [3.63, 3.8) is 0 Å². The fourth-order valence-electron chi connectivity index (χ4n) is 2.44. The summed E-state index contributed by atoms with van der Waals surface area (Å²) in [5.41, 5.74) is 2.71. The van der Waals surface area contributed by atoms with Gasteiger partial charge in [0.2, 0.25) is 0 Å². The van der Waals surface area contributed by atoms with Gasteiger partial charge in [-0.1, -0.05) is 24.4 Å². The van der Waals surface area contributed by atoms with Crippen molar-refractivity contribution in [1.29, 1.82) is 0 Å². The molecule has 0 saturated carbocycles. The Morgan fingerprint density at radius 3 is 2.33 bits per heavy atom. The van der Waals surface area contributed by atoms with Crippen LogP contribution >= 0.6 is 11.8 Å². The molecule has 0 aliphatic carbocycles. The van der Waals surface area contributed by atoms with Gasteiger partial charge in [0.25, 0.3) is 0 Å². The number of Topliss-reactive ketones (excluding diaryl/α,β-unsaturated/α-hetero) is 2. The third-order valence-electron chi connectivity index (χ3n) is 4.00. The standard InChI is InChI=1S/C24H25NO4S/c1-6-29-22-13-18(7-12-21(22)28)14-23(17(5)27)30-24(15(2)3)25-20-10-8-19(9-11-20)16(4)26/h7-14,28H,2,6H2,1,3-5H3. The molecule has 0 aliphatic rings. The molecule has 0 bridgehead atoms. The largest absolute Gasteiger partial charge is 0.504 e. The fourth-order valence-corrected chi connectivity index (χ4v) is 3.32. The van der Waals surface area contributed by atoms with Gasteiger partial charge in [-0.15, -0.1) is 0 Å². The number of phenols is 1. The maximum atomic E-state index is 12.3. The van der Waals surface area contributed by atoms with Gasteiger partial charge in [-0.3, -0.25) is 9.59 Å². The SMILES string of the molecule is C=C(C)C(=Nc1ccc(C(C)=O)cc1)SC(=Cc1ccc(O)c(OCC)c1)C(C)=O. The van der Waals surface area contributed by atoms with Crippen molar-refractivity contribution in [2.24, 2.45) is 4.99 Å². The van der Waals surface area contributed by atoms with Gasteiger partial charge in [0, 0.05) is 5.56 Å². The molecule has 2 aromatic carbocycles. The number of carbonyl (C=O) groups excluding carboxylic acids is 2. The highest BCUT2D eigenvalue weighted by Gasteiger charge is 2.13. The first-order valence-electron chi connectivity index (χ1n) is 9.43. The lowest BCUT2D eigenvalue weighted by atomic mass is 10.1. The number of phenolic OH excluding ortho intramolecular Hbond substituents is 1. The zero-order valence-electron chi connectivity index (χ0n) is 17.6. The summed E-state index contributed by atoms with van der Waals surface area (Å²) in [6.45, 7) is 11.0. The van der Waals surface area contributed by atoms with Crippen molar-refractivity contribution < 1.29 is 19.4 Å². The molecule has 5 nitrogen and oxygen atoms in total. The number of thioether (sulfide) groups is 1. The molecule has 6 heteroatoms. The maximum absolute atomic E-state index is 12.3. The minimum Gasteiger partial charge on any atom is -0.504 e. The van der Waals surface area contributed by atoms with Crippen LogP contribution in [0.4, 0.5) is 5.69 Å². The van der Waals surface area contributed by atoms with E-state index in [-0.39, 0.29) is 17.3 Å². The van der Waals surface area contributed by atoms with Crippen molar-refractivity contribution in [2.75, 3.05) is 6.61 Å². The van der Waals surface area contributed by atoms with E-state index < -0.39 is 0 Å². The molecular weight excluding hydrogens is 398 g/mol. The summed E-state index contributed by atoms with van der Waals surface area (Å²) in [6.07, 6.45) is 1.73. The van der Waals surface area contributed by atoms with E-state index in [4.69, 9.17) is 4.74 Å². The summed E-state index contributed by atoms with van der Waals surface area (Å²) >= 11 is 1.22. The van der Waals surface area contributed by atoms with E-state index in [0.717, 1.165) is 5.56 Å². The van der Waals surface area contributed by atoms with Crippen LogP contribution in [0.15, 0.2) is 64.5 Å². The van der Waals surface area contributed by atoms with Crippen LogP contribution in [-0.4, -0.2) is 28.3 Å². The molecule has 0 aromatic heterocycles. The number of ketones is 2. The van der Waals surface area contributed by atoms with E-state index in [0.29, 0.717) is 39.1 Å². The molecule has 30 heavy (non-hydrogen) atoms. The molecule has 0 amide bonds. The van der Waals surface area contributed by atoms with Crippen LogP contribution < -0.4 is 4.74 Å². The van der Waals surface area contributed by atoms with Crippen LogP contribution in [0.3, 0.4) is 0 Å². The number of carbonyl (C=O) groups is 2. The first-order chi connectivity index (χ1) is 14.2. The van der Waals surface area contributed by atoms with Gasteiger partial charge in [-0.25, -0.2) is 4.99 Å². The lowest BCUT2D eigenvalue weighted by Crippen LogP contribution is -2.00. The molecular formula is C24H25NO4S. The topological polar surface area (TPSA) is 76.0 Å². The van der Waals surface area contributed by atoms with Gasteiger partial charge in [0.1, 0.15) is 5.04 Å². The Hall–Kier alpha value is -3.12. The number of allylic oxidation sites excluding steroid dienone is 1. The number of hydrogen-bond donors (Lipinski definition) is 1. The maximum Gasteiger partial charge on any atom is 0.166 e. The number of aromatic hydroxyl groups is 1. The summed E-state index contributed by atoms with van der Waals surface area (Å²) in [6, 6.07) is 11.9. The Morgan fingerprint density at radius 2 is 1.80 bits per heavy atom. The first kappa shape index (κ1) is 23.2. The number of rotatable bonds is 8. The second kappa shape index (κ2) is 10.6. The van der Waals surface area contributed by atoms with E-state index in [2.05, 4.69) is 11.6 Å². The van der Waals surface area contributed by atoms with Crippen molar-refractivity contribution in [3.05, 3.63) is 70.6 Å². The molecule has 0 saturated heterocycles. The lowest BCUT2D eigenvalue weighted by Gasteiger charge is -2.10. The summed E-state index contributed by atoms with van der Waals surface area (Å²) in [4.78, 5) is 28.8. The van der Waals surface area contributed by atoms with Crippen molar-refractivity contribution >= 4 is 40.1 Å². The summed E-state index contributed by atoms with van der Waals surface area (Å²) in [5, 5.41) is 10.5. The van der Waals surface area contributed by atoms with Crippen molar-refractivity contribution in [3.8, 4) is 11.5 Å². The first-order valence-corrected chi connectivity index (χ1v) is 10.2. The van der Waals surface area contributed by atoms with Gasteiger partial charge in [0.15, 0.2) is 23.1 Å². The summed E-state index contributed by atoms with van der Waals surface area (Å²) in [7, 11) is 0. The highest BCUT2D eigenvalue weighted by Crippen LogP contribution is 2.31. The molecule has 1 N–H and O–H groups in total. The molecule has 0 unspecified atom stereocenters. The van der Waals surface area contributed by atoms with Crippen molar-refractivity contribution in [2.45, 2.75) is 27.7 Å². The monoisotopic (exact) mass is 423 g/mol. The molecule has 0 heterocycles. The molecule has 0 atom stereocenters. The fraction of sp³-hybridized carbons (Fsp3) is 0.208. The Balaban J connectivity index is 2.37. The Morgan fingerprint density at radius 1 is 1.13 bits per heavy atom. The molecule has 0 fully saturated rings. The van der Waals surface area contributed by atoms with E-state index in [1.165, 1.54) is 31.7 Å². The molecule has 2 rings (SSSR count). The highest BCUT2D eigenvalue weighted by atomic mass is 32.2. The zero-order chi connectivity index (χ0) is 22.3. The van der Waals surface area contributed by atoms with Gasteiger partial charge in [0.05, 0.1) is 17.2 Å². The van der Waals surface area contributed by atoms with Gasteiger partial charge in [-0.05, 0) is 81.3 Å². The van der Waals surface area contributed by atoms with E-state index in [9.17, 15) is 14.7 Å². The van der Waals surface area contributed by atoms with Crippen LogP contribution in [0, 0.1) is 0 Å². The minimum absolute atomic E-state index is 0.0119. The van der Waals surface area contributed by atoms with Crippen LogP contribution in [0.25, 0.3) is 6.08 Å². The summed E-state index contributed by atoms with van der Waals surface area (Å²) < 4.78 is 5.41. The van der Waals surface area contributed by atoms with E-state index in [1.807, 2.05) is 13.8 Å². The van der Waals surface area contributed by atoms with Crippen LogP contribution in [-0.2, 0) is 4.79 Å². The molecule has 0 spiro atoms. The molecule has 0 radical (unpaired) electrons. The number of nitrogens with zero attached hydrogens (tertiary/aromatic N) is 1. The average molecular weight is 424 g/mol. The predicted molar refractivity (Wildman–Crippen MR) is 124 cm³/mol. The van der Waals surface area contributed by atoms with E-state index >= 15 is 0 Å².